The molecule has 1 aliphatic rings. The van der Waals surface area contributed by atoms with Crippen molar-refractivity contribution < 1.29 is 9.59 Å². The maximum Gasteiger partial charge on any atom is 0.332 e. The number of hydrogen-bond acceptors (Lipinski definition) is 4. The van der Waals surface area contributed by atoms with Crippen LogP contribution in [0.25, 0.3) is 11.0 Å². The number of aryl methyl sites for hydroxylation is 2. The molecule has 1 saturated heterocycles. The molecule has 1 aliphatic heterocycles. The molecule has 3 heterocycles. The Morgan fingerprint density at radius 2 is 1.89 bits per heavy atom. The summed E-state index contributed by atoms with van der Waals surface area (Å²) in [6, 6.07) is 1.56. The van der Waals surface area contributed by atoms with Crippen LogP contribution in [0.5, 0.6) is 0 Å². The highest BCUT2D eigenvalue weighted by atomic mass is 16.2. The lowest BCUT2D eigenvalue weighted by Crippen LogP contribution is -2.37. The molecule has 9 heteroatoms. The van der Waals surface area contributed by atoms with Gasteiger partial charge >= 0.3 is 5.69 Å². The highest BCUT2D eigenvalue weighted by molar-refractivity contribution is 5.97. The number of fused-ring (bicyclic) bond motifs is 1. The van der Waals surface area contributed by atoms with Crippen LogP contribution in [0.2, 0.25) is 0 Å². The minimum absolute atomic E-state index is 0.172. The van der Waals surface area contributed by atoms with Gasteiger partial charge in [0.1, 0.15) is 11.3 Å². The van der Waals surface area contributed by atoms with Crippen LogP contribution >= 0.6 is 0 Å². The van der Waals surface area contributed by atoms with Crippen LogP contribution in [0.3, 0.4) is 0 Å². The number of nitrogens with one attached hydrogen (secondary N) is 1. The third-order valence-electron chi connectivity index (χ3n) is 5.24. The molecule has 0 radical (unpaired) electrons. The van der Waals surface area contributed by atoms with Gasteiger partial charge in [-0.2, -0.15) is 0 Å². The number of carbonyl (C=O) groups excluding carboxylic acids is 2. The van der Waals surface area contributed by atoms with Crippen LogP contribution in [-0.2, 0) is 25.4 Å². The normalized spacial score (nSPS) is 14.2. The zero-order valence-corrected chi connectivity index (χ0v) is 16.7. The molecule has 0 unspecified atom stereocenters. The third-order valence-corrected chi connectivity index (χ3v) is 5.24. The van der Waals surface area contributed by atoms with Crippen molar-refractivity contribution in [3.63, 3.8) is 0 Å². The fourth-order valence-corrected chi connectivity index (χ4v) is 3.78. The molecule has 9 nitrogen and oxygen atoms in total. The lowest BCUT2D eigenvalue weighted by atomic mass is 10.3. The Hall–Kier alpha value is -2.84. The van der Waals surface area contributed by atoms with E-state index in [0.29, 0.717) is 49.2 Å². The number of aromatic nitrogens is 3. The summed E-state index contributed by atoms with van der Waals surface area (Å²) in [5.74, 6) is -0.113. The van der Waals surface area contributed by atoms with E-state index >= 15 is 0 Å². The van der Waals surface area contributed by atoms with Crippen molar-refractivity contribution >= 4 is 22.8 Å². The van der Waals surface area contributed by atoms with E-state index in [0.717, 1.165) is 24.0 Å². The topological polar surface area (TPSA) is 98.3 Å². The Morgan fingerprint density at radius 1 is 1.14 bits per heavy atom. The van der Waals surface area contributed by atoms with Gasteiger partial charge in [0.25, 0.3) is 11.5 Å². The van der Waals surface area contributed by atoms with Crippen molar-refractivity contribution in [2.75, 3.05) is 19.6 Å². The van der Waals surface area contributed by atoms with E-state index in [-0.39, 0.29) is 11.8 Å². The first-order valence-corrected chi connectivity index (χ1v) is 9.72. The van der Waals surface area contributed by atoms with Crippen LogP contribution in [0.1, 0.15) is 43.1 Å². The van der Waals surface area contributed by atoms with E-state index in [9.17, 15) is 19.2 Å². The van der Waals surface area contributed by atoms with Gasteiger partial charge in [0.15, 0.2) is 0 Å². The second kappa shape index (κ2) is 8.04. The van der Waals surface area contributed by atoms with Crippen molar-refractivity contribution in [1.82, 2.24) is 23.9 Å². The summed E-state index contributed by atoms with van der Waals surface area (Å²) in [5.41, 5.74) is -0.0000901. The summed E-state index contributed by atoms with van der Waals surface area (Å²) >= 11 is 0. The molecule has 0 aliphatic carbocycles. The first-order chi connectivity index (χ1) is 13.4. The molecule has 2 aromatic heterocycles. The number of amides is 2. The van der Waals surface area contributed by atoms with E-state index in [1.807, 2.05) is 11.8 Å². The van der Waals surface area contributed by atoms with Crippen molar-refractivity contribution in [2.24, 2.45) is 14.1 Å². The largest absolute Gasteiger partial charge is 0.351 e. The molecule has 0 atom stereocenters. The molecule has 3 rings (SSSR count). The molecule has 2 aromatic rings. The monoisotopic (exact) mass is 389 g/mol. The number of likely N-dealkylation sites (tertiary alicyclic amines) is 1. The van der Waals surface area contributed by atoms with Gasteiger partial charge in [0, 0.05) is 46.7 Å². The van der Waals surface area contributed by atoms with Gasteiger partial charge in [0.2, 0.25) is 5.91 Å². The lowest BCUT2D eigenvalue weighted by molar-refractivity contribution is -0.127. The van der Waals surface area contributed by atoms with Gasteiger partial charge in [-0.15, -0.1) is 0 Å². The predicted molar refractivity (Wildman–Crippen MR) is 105 cm³/mol. The predicted octanol–water partition coefficient (Wildman–Crippen LogP) is 0.191. The number of carbonyl (C=O) groups is 2. The van der Waals surface area contributed by atoms with Crippen LogP contribution in [0.15, 0.2) is 15.7 Å². The second-order valence-corrected chi connectivity index (χ2v) is 7.22. The van der Waals surface area contributed by atoms with Crippen LogP contribution in [-0.4, -0.2) is 50.0 Å². The minimum atomic E-state index is -0.421. The Morgan fingerprint density at radius 3 is 2.54 bits per heavy atom. The fraction of sp³-hybridized carbons (Fsp3) is 0.579. The van der Waals surface area contributed by atoms with Crippen LogP contribution < -0.4 is 16.6 Å². The SMILES string of the molecule is CCCn1c(C(=O)NCCCN2CCCC2=O)cc2c(=O)n(C)c(=O)n(C)c21. The molecule has 152 valence electrons. The van der Waals surface area contributed by atoms with E-state index < -0.39 is 11.2 Å². The minimum Gasteiger partial charge on any atom is -0.351 e. The molecular formula is C19H27N5O4. The van der Waals surface area contributed by atoms with E-state index in [1.165, 1.54) is 11.6 Å². The summed E-state index contributed by atoms with van der Waals surface area (Å²) in [6.07, 6.45) is 2.93. The second-order valence-electron chi connectivity index (χ2n) is 7.22. The highest BCUT2D eigenvalue weighted by Gasteiger charge is 2.21. The van der Waals surface area contributed by atoms with Gasteiger partial charge < -0.3 is 14.8 Å². The molecular weight excluding hydrogens is 362 g/mol. The Kier molecular flexibility index (Phi) is 5.71. The molecule has 0 bridgehead atoms. The van der Waals surface area contributed by atoms with E-state index in [4.69, 9.17) is 0 Å². The standard InChI is InChI=1S/C19H27N5O4/c1-4-9-24-14(12-13-17(24)21(2)19(28)22(3)18(13)27)16(26)20-8-6-11-23-10-5-7-15(23)25/h12H,4-11H2,1-3H3,(H,20,26). The zero-order chi connectivity index (χ0) is 20.4. The molecule has 0 saturated carbocycles. The van der Waals surface area contributed by atoms with Crippen molar-refractivity contribution in [3.05, 3.63) is 32.6 Å². The van der Waals surface area contributed by atoms with Crippen molar-refractivity contribution in [1.29, 1.82) is 0 Å². The van der Waals surface area contributed by atoms with Gasteiger partial charge in [-0.25, -0.2) is 4.79 Å². The first kappa shape index (κ1) is 19.9. The molecule has 0 aromatic carbocycles. The summed E-state index contributed by atoms with van der Waals surface area (Å²) in [6.45, 7) is 4.35. The molecule has 28 heavy (non-hydrogen) atoms. The van der Waals surface area contributed by atoms with E-state index in [2.05, 4.69) is 5.32 Å². The summed E-state index contributed by atoms with van der Waals surface area (Å²) in [7, 11) is 3.03. The van der Waals surface area contributed by atoms with Gasteiger partial charge in [-0.1, -0.05) is 6.92 Å². The van der Waals surface area contributed by atoms with Crippen molar-refractivity contribution in [3.8, 4) is 0 Å². The van der Waals surface area contributed by atoms with Crippen molar-refractivity contribution in [2.45, 2.75) is 39.2 Å². The van der Waals surface area contributed by atoms with Gasteiger partial charge in [0.05, 0.1) is 5.39 Å². The van der Waals surface area contributed by atoms with Crippen LogP contribution in [0, 0.1) is 0 Å². The molecule has 0 spiro atoms. The molecule has 1 N–H and O–H groups in total. The Bertz CT molecular complexity index is 1030. The summed E-state index contributed by atoms with van der Waals surface area (Å²) in [4.78, 5) is 51.0. The lowest BCUT2D eigenvalue weighted by Gasteiger charge is -2.15. The fourth-order valence-electron chi connectivity index (χ4n) is 3.78. The summed E-state index contributed by atoms with van der Waals surface area (Å²) in [5, 5.41) is 3.22. The average Bonchev–Trinajstić information content (AvgIpc) is 3.26. The third kappa shape index (κ3) is 3.48. The quantitative estimate of drug-likeness (QED) is 0.684. The van der Waals surface area contributed by atoms with E-state index in [1.54, 1.807) is 17.7 Å². The maximum atomic E-state index is 12.8. The number of rotatable bonds is 7. The first-order valence-electron chi connectivity index (χ1n) is 9.72. The number of nitrogens with zero attached hydrogens (tertiary/aromatic N) is 4. The average molecular weight is 389 g/mol. The van der Waals surface area contributed by atoms with Gasteiger partial charge in [-0.3, -0.25) is 23.5 Å². The Labute approximate surface area is 162 Å². The summed E-state index contributed by atoms with van der Waals surface area (Å²) < 4.78 is 4.19. The zero-order valence-electron chi connectivity index (χ0n) is 16.7. The number of hydrogen-bond donors (Lipinski definition) is 1. The Balaban J connectivity index is 1.82. The smallest absolute Gasteiger partial charge is 0.332 e. The van der Waals surface area contributed by atoms with Gasteiger partial charge in [-0.05, 0) is 25.3 Å². The maximum absolute atomic E-state index is 12.8. The molecule has 2 amide bonds. The van der Waals surface area contributed by atoms with Crippen LogP contribution in [0.4, 0.5) is 0 Å². The highest BCUT2D eigenvalue weighted by Crippen LogP contribution is 2.16. The molecule has 1 fully saturated rings.